The molecule has 116 valence electrons. The second kappa shape index (κ2) is 7.54. The predicted molar refractivity (Wildman–Crippen MR) is 90.4 cm³/mol. The van der Waals surface area contributed by atoms with E-state index in [4.69, 9.17) is 0 Å². The van der Waals surface area contributed by atoms with Crippen LogP contribution in [0.5, 0.6) is 0 Å². The van der Waals surface area contributed by atoms with Crippen LogP contribution in [0.2, 0.25) is 0 Å². The Hall–Kier alpha value is 0.310. The Kier molecular flexibility index (Phi) is 5.73. The maximum Gasteiger partial charge on any atom is 0.0160 e. The maximum absolute atomic E-state index is 3.79. The largest absolute Gasteiger partial charge is 0.313 e. The van der Waals surface area contributed by atoms with Crippen LogP contribution < -0.4 is 5.32 Å². The van der Waals surface area contributed by atoms with E-state index in [1.165, 1.54) is 44.3 Å². The fourth-order valence-corrected chi connectivity index (χ4v) is 6.44. The van der Waals surface area contributed by atoms with Gasteiger partial charge in [-0.25, -0.2) is 0 Å². The average Bonchev–Trinajstić information content (AvgIpc) is 3.09. The summed E-state index contributed by atoms with van der Waals surface area (Å²) in [4.78, 5) is 0. The normalized spacial score (nSPS) is 35.5. The summed E-state index contributed by atoms with van der Waals surface area (Å²) in [5, 5.41) is 4.76. The summed E-state index contributed by atoms with van der Waals surface area (Å²) in [6.45, 7) is 3.43. The minimum absolute atomic E-state index is 0.788. The molecule has 0 saturated heterocycles. The molecule has 20 heavy (non-hydrogen) atoms. The standard InChI is InChI=1S/C18H33NS/c1-2-19-17(13-20-18-6-4-3-5-7-18)12-16-11-14-8-9-15(16)10-14/h14-19H,2-13H2,1H3. The highest BCUT2D eigenvalue weighted by atomic mass is 32.2. The molecule has 0 spiro atoms. The Balaban J connectivity index is 1.42. The third-order valence-corrected chi connectivity index (χ3v) is 7.59. The Morgan fingerprint density at radius 2 is 1.90 bits per heavy atom. The van der Waals surface area contributed by atoms with Gasteiger partial charge in [0.15, 0.2) is 0 Å². The first-order chi connectivity index (χ1) is 9.85. The van der Waals surface area contributed by atoms with Gasteiger partial charge in [-0.15, -0.1) is 0 Å². The fraction of sp³-hybridized carbons (Fsp3) is 1.00. The van der Waals surface area contributed by atoms with Crippen molar-refractivity contribution in [3.63, 3.8) is 0 Å². The molecule has 1 N–H and O–H groups in total. The van der Waals surface area contributed by atoms with Crippen LogP contribution >= 0.6 is 11.8 Å². The molecule has 3 fully saturated rings. The third-order valence-electron chi connectivity index (χ3n) is 6.05. The highest BCUT2D eigenvalue weighted by molar-refractivity contribution is 7.99. The molecule has 3 rings (SSSR count). The molecule has 0 radical (unpaired) electrons. The highest BCUT2D eigenvalue weighted by Gasteiger charge is 2.40. The minimum atomic E-state index is 0.788. The molecule has 3 aliphatic carbocycles. The van der Waals surface area contributed by atoms with Gasteiger partial charge in [0.05, 0.1) is 0 Å². The molecule has 0 aliphatic heterocycles. The van der Waals surface area contributed by atoms with Crippen molar-refractivity contribution in [1.29, 1.82) is 0 Å². The van der Waals surface area contributed by atoms with E-state index in [-0.39, 0.29) is 0 Å². The van der Waals surface area contributed by atoms with Crippen molar-refractivity contribution in [1.82, 2.24) is 5.32 Å². The number of thioether (sulfide) groups is 1. The van der Waals surface area contributed by atoms with Crippen LogP contribution in [-0.2, 0) is 0 Å². The Morgan fingerprint density at radius 3 is 2.55 bits per heavy atom. The van der Waals surface area contributed by atoms with Crippen LogP contribution in [0.15, 0.2) is 0 Å². The molecule has 0 aromatic heterocycles. The van der Waals surface area contributed by atoms with E-state index < -0.39 is 0 Å². The number of hydrogen-bond acceptors (Lipinski definition) is 2. The molecule has 2 heteroatoms. The molecule has 2 bridgehead atoms. The van der Waals surface area contributed by atoms with Gasteiger partial charge in [0, 0.05) is 17.0 Å². The van der Waals surface area contributed by atoms with E-state index >= 15 is 0 Å². The monoisotopic (exact) mass is 295 g/mol. The summed E-state index contributed by atoms with van der Waals surface area (Å²) in [5.41, 5.74) is 0. The minimum Gasteiger partial charge on any atom is -0.313 e. The quantitative estimate of drug-likeness (QED) is 0.720. The number of rotatable bonds is 7. The van der Waals surface area contributed by atoms with Gasteiger partial charge < -0.3 is 5.32 Å². The van der Waals surface area contributed by atoms with Crippen LogP contribution in [0.4, 0.5) is 0 Å². The molecule has 0 aromatic rings. The van der Waals surface area contributed by atoms with Crippen LogP contribution in [0.1, 0.15) is 71.1 Å². The molecule has 4 atom stereocenters. The smallest absolute Gasteiger partial charge is 0.0160 e. The first-order valence-electron chi connectivity index (χ1n) is 9.20. The predicted octanol–water partition coefficient (Wildman–Crippen LogP) is 4.86. The Morgan fingerprint density at radius 1 is 1.05 bits per heavy atom. The van der Waals surface area contributed by atoms with E-state index in [0.717, 1.165) is 35.6 Å². The lowest BCUT2D eigenvalue weighted by atomic mass is 9.84. The maximum atomic E-state index is 3.79. The van der Waals surface area contributed by atoms with Gasteiger partial charge in [-0.05, 0) is 62.8 Å². The van der Waals surface area contributed by atoms with Crippen molar-refractivity contribution in [2.24, 2.45) is 17.8 Å². The van der Waals surface area contributed by atoms with Crippen molar-refractivity contribution in [2.75, 3.05) is 12.3 Å². The fourth-order valence-electron chi connectivity index (χ4n) is 5.01. The SMILES string of the molecule is CCNC(CSC1CCCCC1)CC1CC2CCC1C2. The average molecular weight is 296 g/mol. The van der Waals surface area contributed by atoms with Crippen molar-refractivity contribution in [3.05, 3.63) is 0 Å². The van der Waals surface area contributed by atoms with Crippen LogP contribution in [0, 0.1) is 17.8 Å². The highest BCUT2D eigenvalue weighted by Crippen LogP contribution is 2.50. The van der Waals surface area contributed by atoms with Crippen LogP contribution in [0.25, 0.3) is 0 Å². The van der Waals surface area contributed by atoms with Crippen LogP contribution in [0.3, 0.4) is 0 Å². The molecule has 4 unspecified atom stereocenters. The Labute approximate surface area is 130 Å². The van der Waals surface area contributed by atoms with Crippen molar-refractivity contribution >= 4 is 11.8 Å². The summed E-state index contributed by atoms with van der Waals surface area (Å²) in [6.07, 6.45) is 15.1. The lowest BCUT2D eigenvalue weighted by molar-refractivity contribution is 0.287. The molecule has 0 amide bonds. The molecule has 0 heterocycles. The van der Waals surface area contributed by atoms with Gasteiger partial charge in [0.2, 0.25) is 0 Å². The second-order valence-corrected chi connectivity index (χ2v) is 8.85. The summed E-state index contributed by atoms with van der Waals surface area (Å²) in [6, 6.07) is 0.788. The topological polar surface area (TPSA) is 12.0 Å². The second-order valence-electron chi connectivity index (χ2n) is 7.52. The summed E-state index contributed by atoms with van der Waals surface area (Å²) >= 11 is 2.29. The van der Waals surface area contributed by atoms with Gasteiger partial charge >= 0.3 is 0 Å². The van der Waals surface area contributed by atoms with Gasteiger partial charge in [-0.1, -0.05) is 32.6 Å². The molecular formula is C18H33NS. The number of nitrogens with one attached hydrogen (secondary N) is 1. The zero-order valence-electron chi connectivity index (χ0n) is 13.3. The van der Waals surface area contributed by atoms with E-state index in [9.17, 15) is 0 Å². The van der Waals surface area contributed by atoms with E-state index in [1.54, 1.807) is 25.7 Å². The molecule has 3 aliphatic rings. The molecule has 3 saturated carbocycles. The van der Waals surface area contributed by atoms with Crippen molar-refractivity contribution < 1.29 is 0 Å². The van der Waals surface area contributed by atoms with Gasteiger partial charge in [-0.3, -0.25) is 0 Å². The first-order valence-corrected chi connectivity index (χ1v) is 10.2. The lowest BCUT2D eigenvalue weighted by Gasteiger charge is -2.29. The summed E-state index contributed by atoms with van der Waals surface area (Å²) < 4.78 is 0. The third kappa shape index (κ3) is 3.94. The zero-order valence-corrected chi connectivity index (χ0v) is 14.1. The van der Waals surface area contributed by atoms with Crippen LogP contribution in [-0.4, -0.2) is 23.6 Å². The Bertz CT molecular complexity index is 287. The lowest BCUT2D eigenvalue weighted by Crippen LogP contribution is -2.35. The summed E-state index contributed by atoms with van der Waals surface area (Å²) in [7, 11) is 0. The number of fused-ring (bicyclic) bond motifs is 2. The van der Waals surface area contributed by atoms with E-state index in [1.807, 2.05) is 0 Å². The first kappa shape index (κ1) is 15.2. The molecule has 1 nitrogen and oxygen atoms in total. The molecular weight excluding hydrogens is 262 g/mol. The number of hydrogen-bond donors (Lipinski definition) is 1. The van der Waals surface area contributed by atoms with Gasteiger partial charge in [0.1, 0.15) is 0 Å². The van der Waals surface area contributed by atoms with Crippen molar-refractivity contribution in [2.45, 2.75) is 82.4 Å². The van der Waals surface area contributed by atoms with E-state index in [2.05, 4.69) is 24.0 Å². The van der Waals surface area contributed by atoms with Gasteiger partial charge in [-0.2, -0.15) is 11.8 Å². The molecule has 0 aromatic carbocycles. The van der Waals surface area contributed by atoms with Gasteiger partial charge in [0.25, 0.3) is 0 Å². The summed E-state index contributed by atoms with van der Waals surface area (Å²) in [5.74, 6) is 4.63. The zero-order chi connectivity index (χ0) is 13.8. The van der Waals surface area contributed by atoms with Crippen molar-refractivity contribution in [3.8, 4) is 0 Å². The van der Waals surface area contributed by atoms with E-state index in [0.29, 0.717) is 0 Å².